The molecule has 0 bridgehead atoms. The van der Waals surface area contributed by atoms with Crippen LogP contribution in [0.4, 0.5) is 4.39 Å². The molecule has 1 fully saturated rings. The van der Waals surface area contributed by atoms with Crippen molar-refractivity contribution in [1.29, 1.82) is 0 Å². The third-order valence-electron chi connectivity index (χ3n) is 4.73. The molecule has 2 aromatic heterocycles. The first-order valence-corrected chi connectivity index (χ1v) is 11.2. The molecule has 0 spiro atoms. The first kappa shape index (κ1) is 20.1. The van der Waals surface area contributed by atoms with Gasteiger partial charge in [0.05, 0.1) is 23.1 Å². The fraction of sp³-hybridized carbons (Fsp3) is 0.350. The smallest absolute Gasteiger partial charge is 0.276 e. The van der Waals surface area contributed by atoms with E-state index < -0.39 is 0 Å². The Labute approximate surface area is 175 Å². The standard InChI is InChI=1S/C20H20FN3O3S2/c1-12-9-13(4-5-15(12)21)24-19(26)18-16(6-8-28-18)23-20(24)29-11-17(25)22-10-14-3-2-7-27-14/h4-6,8-9,14H,2-3,7,10-11H2,1H3,(H,22,25). The normalized spacial score (nSPS) is 16.4. The third-order valence-corrected chi connectivity index (χ3v) is 6.56. The number of aromatic nitrogens is 2. The Morgan fingerprint density at radius 3 is 3.07 bits per heavy atom. The molecule has 9 heteroatoms. The summed E-state index contributed by atoms with van der Waals surface area (Å²) in [7, 11) is 0. The molecular weight excluding hydrogens is 413 g/mol. The molecule has 1 N–H and O–H groups in total. The number of nitrogens with one attached hydrogen (secondary N) is 1. The highest BCUT2D eigenvalue weighted by molar-refractivity contribution is 7.99. The maximum atomic E-state index is 13.7. The molecule has 152 valence electrons. The second-order valence-corrected chi connectivity index (χ2v) is 8.69. The fourth-order valence-corrected chi connectivity index (χ4v) is 4.80. The highest BCUT2D eigenvalue weighted by atomic mass is 32.2. The summed E-state index contributed by atoms with van der Waals surface area (Å²) in [5, 5.41) is 5.08. The van der Waals surface area contributed by atoms with Crippen LogP contribution in [0.25, 0.3) is 15.9 Å². The van der Waals surface area contributed by atoms with Gasteiger partial charge in [0, 0.05) is 13.2 Å². The maximum Gasteiger partial charge on any atom is 0.276 e. The van der Waals surface area contributed by atoms with E-state index in [1.54, 1.807) is 25.1 Å². The lowest BCUT2D eigenvalue weighted by Crippen LogP contribution is -2.33. The van der Waals surface area contributed by atoms with E-state index in [1.165, 1.54) is 33.7 Å². The minimum Gasteiger partial charge on any atom is -0.376 e. The van der Waals surface area contributed by atoms with Crippen molar-refractivity contribution in [3.63, 3.8) is 0 Å². The quantitative estimate of drug-likeness (QED) is 0.477. The van der Waals surface area contributed by atoms with Crippen molar-refractivity contribution in [1.82, 2.24) is 14.9 Å². The van der Waals surface area contributed by atoms with Crippen molar-refractivity contribution in [2.45, 2.75) is 31.0 Å². The number of rotatable bonds is 6. The van der Waals surface area contributed by atoms with Gasteiger partial charge in [-0.1, -0.05) is 11.8 Å². The molecule has 1 aliphatic rings. The number of amides is 1. The Balaban J connectivity index is 1.59. The average molecular weight is 434 g/mol. The van der Waals surface area contributed by atoms with Crippen molar-refractivity contribution in [2.75, 3.05) is 18.9 Å². The Bertz CT molecular complexity index is 1110. The molecule has 3 aromatic rings. The summed E-state index contributed by atoms with van der Waals surface area (Å²) >= 11 is 2.50. The Morgan fingerprint density at radius 2 is 2.31 bits per heavy atom. The van der Waals surface area contributed by atoms with E-state index in [4.69, 9.17) is 4.74 Å². The van der Waals surface area contributed by atoms with Gasteiger partial charge in [-0.2, -0.15) is 0 Å². The molecule has 4 rings (SSSR count). The molecule has 0 aliphatic carbocycles. The Hall–Kier alpha value is -2.23. The van der Waals surface area contributed by atoms with Gasteiger partial charge < -0.3 is 10.1 Å². The molecule has 6 nitrogen and oxygen atoms in total. The van der Waals surface area contributed by atoms with E-state index in [-0.39, 0.29) is 29.1 Å². The number of nitrogens with zero attached hydrogens (tertiary/aromatic N) is 2. The van der Waals surface area contributed by atoms with Crippen LogP contribution in [0.3, 0.4) is 0 Å². The number of hydrogen-bond donors (Lipinski definition) is 1. The number of carbonyl (C=O) groups excluding carboxylic acids is 1. The number of carbonyl (C=O) groups is 1. The predicted octanol–water partition coefficient (Wildman–Crippen LogP) is 3.28. The van der Waals surface area contributed by atoms with E-state index in [9.17, 15) is 14.0 Å². The van der Waals surface area contributed by atoms with Crippen LogP contribution in [0.15, 0.2) is 39.6 Å². The number of hydrogen-bond acceptors (Lipinski definition) is 6. The van der Waals surface area contributed by atoms with Gasteiger partial charge in [-0.15, -0.1) is 11.3 Å². The Morgan fingerprint density at radius 1 is 1.45 bits per heavy atom. The van der Waals surface area contributed by atoms with Crippen molar-refractivity contribution in [3.05, 3.63) is 51.4 Å². The summed E-state index contributed by atoms with van der Waals surface area (Å²) in [5.74, 6) is -0.365. The highest BCUT2D eigenvalue weighted by Crippen LogP contribution is 2.24. The minimum absolute atomic E-state index is 0.0737. The summed E-state index contributed by atoms with van der Waals surface area (Å²) < 4.78 is 21.2. The van der Waals surface area contributed by atoms with E-state index in [1.807, 2.05) is 5.38 Å². The van der Waals surface area contributed by atoms with E-state index in [2.05, 4.69) is 10.3 Å². The zero-order valence-electron chi connectivity index (χ0n) is 15.8. The van der Waals surface area contributed by atoms with Gasteiger partial charge in [-0.05, 0) is 55.0 Å². The van der Waals surface area contributed by atoms with Crippen LogP contribution in [-0.2, 0) is 9.53 Å². The monoisotopic (exact) mass is 433 g/mol. The number of halogens is 1. The molecule has 1 unspecified atom stereocenters. The number of fused-ring (bicyclic) bond motifs is 1. The van der Waals surface area contributed by atoms with Gasteiger partial charge >= 0.3 is 0 Å². The average Bonchev–Trinajstić information content (AvgIpc) is 3.39. The molecule has 1 aliphatic heterocycles. The van der Waals surface area contributed by atoms with Crippen LogP contribution < -0.4 is 10.9 Å². The predicted molar refractivity (Wildman–Crippen MR) is 113 cm³/mol. The molecule has 1 amide bonds. The summed E-state index contributed by atoms with van der Waals surface area (Å²) in [6.07, 6.45) is 2.04. The molecule has 1 saturated heterocycles. The van der Waals surface area contributed by atoms with Crippen molar-refractivity contribution < 1.29 is 13.9 Å². The first-order valence-electron chi connectivity index (χ1n) is 9.31. The summed E-state index contributed by atoms with van der Waals surface area (Å²) in [6, 6.07) is 6.27. The van der Waals surface area contributed by atoms with Crippen molar-refractivity contribution in [3.8, 4) is 5.69 Å². The van der Waals surface area contributed by atoms with Crippen LogP contribution in [0.1, 0.15) is 18.4 Å². The van der Waals surface area contributed by atoms with Crippen LogP contribution in [0.5, 0.6) is 0 Å². The van der Waals surface area contributed by atoms with Crippen LogP contribution in [0, 0.1) is 12.7 Å². The molecule has 0 saturated carbocycles. The molecule has 29 heavy (non-hydrogen) atoms. The lowest BCUT2D eigenvalue weighted by molar-refractivity contribution is -0.119. The van der Waals surface area contributed by atoms with Crippen LogP contribution in [-0.4, -0.2) is 40.5 Å². The molecular formula is C20H20FN3O3S2. The summed E-state index contributed by atoms with van der Waals surface area (Å²) in [4.78, 5) is 29.9. The second-order valence-electron chi connectivity index (χ2n) is 6.83. The summed E-state index contributed by atoms with van der Waals surface area (Å²) in [5.41, 5.74) is 1.33. The summed E-state index contributed by atoms with van der Waals surface area (Å²) in [6.45, 7) is 2.87. The largest absolute Gasteiger partial charge is 0.376 e. The number of thiophene rings is 1. The van der Waals surface area contributed by atoms with Gasteiger partial charge in [0.1, 0.15) is 10.5 Å². The van der Waals surface area contributed by atoms with Crippen molar-refractivity contribution in [2.24, 2.45) is 0 Å². The van der Waals surface area contributed by atoms with Gasteiger partial charge in [0.15, 0.2) is 5.16 Å². The van der Waals surface area contributed by atoms with Gasteiger partial charge in [0.2, 0.25) is 5.91 Å². The number of ether oxygens (including phenoxy) is 1. The van der Waals surface area contributed by atoms with E-state index in [0.29, 0.717) is 33.2 Å². The Kier molecular flexibility index (Phi) is 5.98. The maximum absolute atomic E-state index is 13.7. The first-order chi connectivity index (χ1) is 14.0. The van der Waals surface area contributed by atoms with Gasteiger partial charge in [0.25, 0.3) is 5.56 Å². The SMILES string of the molecule is Cc1cc(-n2c(SCC(=O)NCC3CCCO3)nc3ccsc3c2=O)ccc1F. The van der Waals surface area contributed by atoms with E-state index in [0.717, 1.165) is 19.4 Å². The van der Waals surface area contributed by atoms with Crippen LogP contribution >= 0.6 is 23.1 Å². The number of benzene rings is 1. The van der Waals surface area contributed by atoms with Crippen molar-refractivity contribution >= 4 is 39.2 Å². The minimum atomic E-state index is -0.338. The lowest BCUT2D eigenvalue weighted by Gasteiger charge is -2.14. The molecule has 1 aromatic carbocycles. The topological polar surface area (TPSA) is 73.2 Å². The van der Waals surface area contributed by atoms with Crippen LogP contribution in [0.2, 0.25) is 0 Å². The highest BCUT2D eigenvalue weighted by Gasteiger charge is 2.18. The fourth-order valence-electron chi connectivity index (χ4n) is 3.20. The third kappa shape index (κ3) is 4.36. The second kappa shape index (κ2) is 8.64. The molecule has 1 atom stereocenters. The molecule has 3 heterocycles. The number of thioether (sulfide) groups is 1. The zero-order valence-corrected chi connectivity index (χ0v) is 17.4. The number of aryl methyl sites for hydroxylation is 1. The lowest BCUT2D eigenvalue weighted by atomic mass is 10.2. The van der Waals surface area contributed by atoms with Gasteiger partial charge in [-0.25, -0.2) is 9.37 Å². The zero-order chi connectivity index (χ0) is 20.4. The van der Waals surface area contributed by atoms with E-state index >= 15 is 0 Å². The van der Waals surface area contributed by atoms with Gasteiger partial charge in [-0.3, -0.25) is 14.2 Å². The molecule has 0 radical (unpaired) electrons.